The first-order valence-electron chi connectivity index (χ1n) is 7.72. The predicted octanol–water partition coefficient (Wildman–Crippen LogP) is 3.44. The van der Waals surface area contributed by atoms with E-state index in [1.54, 1.807) is 12.4 Å². The van der Waals surface area contributed by atoms with Crippen LogP contribution in [0.25, 0.3) is 11.2 Å². The maximum absolute atomic E-state index is 5.63. The van der Waals surface area contributed by atoms with Gasteiger partial charge in [0, 0.05) is 0 Å². The Kier molecular flexibility index (Phi) is 4.63. The zero-order valence-corrected chi connectivity index (χ0v) is 12.8. The maximum Gasteiger partial charge on any atom is 0.233 e. The standard InChI is InChI=1S/C17H20N4O/c1-2-3-7-10-22-16-12-18-17-15(20-16)11-19-21(17)13-14-8-5-4-6-9-14/h4-6,8-9,11-12H,2-3,7,10,13H2,1H3. The largest absolute Gasteiger partial charge is 0.477 e. The Labute approximate surface area is 130 Å². The summed E-state index contributed by atoms with van der Waals surface area (Å²) in [6.45, 7) is 3.55. The number of hydrogen-bond donors (Lipinski definition) is 0. The summed E-state index contributed by atoms with van der Waals surface area (Å²) in [5.41, 5.74) is 2.74. The molecule has 22 heavy (non-hydrogen) atoms. The first kappa shape index (κ1) is 14.5. The molecule has 0 aliphatic carbocycles. The van der Waals surface area contributed by atoms with Crippen LogP contribution in [0.4, 0.5) is 0 Å². The lowest BCUT2D eigenvalue weighted by Crippen LogP contribution is -2.03. The number of unbranched alkanes of at least 4 members (excludes halogenated alkanes) is 2. The van der Waals surface area contributed by atoms with Gasteiger partial charge in [-0.3, -0.25) is 0 Å². The van der Waals surface area contributed by atoms with E-state index in [9.17, 15) is 0 Å². The van der Waals surface area contributed by atoms with Gasteiger partial charge < -0.3 is 4.74 Å². The average Bonchev–Trinajstić information content (AvgIpc) is 2.95. The highest BCUT2D eigenvalue weighted by Crippen LogP contribution is 2.15. The molecule has 0 fully saturated rings. The monoisotopic (exact) mass is 296 g/mol. The van der Waals surface area contributed by atoms with Gasteiger partial charge in [-0.25, -0.2) is 14.6 Å². The topological polar surface area (TPSA) is 52.8 Å². The van der Waals surface area contributed by atoms with Crippen LogP contribution in [0, 0.1) is 0 Å². The third-order valence-electron chi connectivity index (χ3n) is 3.49. The molecule has 3 aromatic rings. The zero-order chi connectivity index (χ0) is 15.2. The highest BCUT2D eigenvalue weighted by atomic mass is 16.5. The molecule has 5 heteroatoms. The van der Waals surface area contributed by atoms with E-state index in [2.05, 4.69) is 34.1 Å². The third kappa shape index (κ3) is 3.42. The Morgan fingerprint density at radius 1 is 1.09 bits per heavy atom. The predicted molar refractivity (Wildman–Crippen MR) is 85.9 cm³/mol. The van der Waals surface area contributed by atoms with Crippen LogP contribution in [-0.4, -0.2) is 26.4 Å². The van der Waals surface area contributed by atoms with Gasteiger partial charge in [0.05, 0.1) is 25.5 Å². The van der Waals surface area contributed by atoms with E-state index < -0.39 is 0 Å². The summed E-state index contributed by atoms with van der Waals surface area (Å²) in [5.74, 6) is 0.572. The summed E-state index contributed by atoms with van der Waals surface area (Å²) in [4.78, 5) is 8.92. The molecular weight excluding hydrogens is 276 g/mol. The van der Waals surface area contributed by atoms with Crippen molar-refractivity contribution in [1.82, 2.24) is 19.7 Å². The van der Waals surface area contributed by atoms with Crippen molar-refractivity contribution in [1.29, 1.82) is 0 Å². The van der Waals surface area contributed by atoms with Crippen LogP contribution in [0.5, 0.6) is 5.88 Å². The second-order valence-corrected chi connectivity index (χ2v) is 5.26. The first-order chi connectivity index (χ1) is 10.9. The molecule has 0 unspecified atom stereocenters. The molecule has 0 amide bonds. The lowest BCUT2D eigenvalue weighted by atomic mass is 10.2. The summed E-state index contributed by atoms with van der Waals surface area (Å²) in [6, 6.07) is 10.2. The molecule has 3 rings (SSSR count). The van der Waals surface area contributed by atoms with Crippen molar-refractivity contribution in [2.45, 2.75) is 32.7 Å². The Morgan fingerprint density at radius 2 is 1.95 bits per heavy atom. The van der Waals surface area contributed by atoms with Crippen LogP contribution in [0.2, 0.25) is 0 Å². The van der Waals surface area contributed by atoms with E-state index in [1.807, 2.05) is 22.9 Å². The van der Waals surface area contributed by atoms with Crippen molar-refractivity contribution in [3.05, 3.63) is 48.3 Å². The van der Waals surface area contributed by atoms with E-state index >= 15 is 0 Å². The van der Waals surface area contributed by atoms with Crippen LogP contribution in [0.3, 0.4) is 0 Å². The van der Waals surface area contributed by atoms with Gasteiger partial charge in [0.2, 0.25) is 5.88 Å². The van der Waals surface area contributed by atoms with Gasteiger partial charge in [-0.2, -0.15) is 5.10 Å². The van der Waals surface area contributed by atoms with Crippen molar-refractivity contribution in [3.63, 3.8) is 0 Å². The smallest absolute Gasteiger partial charge is 0.233 e. The van der Waals surface area contributed by atoms with Gasteiger partial charge in [-0.05, 0) is 12.0 Å². The van der Waals surface area contributed by atoms with Crippen LogP contribution in [0.1, 0.15) is 31.7 Å². The second kappa shape index (κ2) is 7.02. The highest BCUT2D eigenvalue weighted by molar-refractivity contribution is 5.69. The number of ether oxygens (including phenoxy) is 1. The van der Waals surface area contributed by atoms with Gasteiger partial charge in [0.1, 0.15) is 5.52 Å². The minimum Gasteiger partial charge on any atom is -0.477 e. The van der Waals surface area contributed by atoms with Gasteiger partial charge in [0.15, 0.2) is 5.65 Å². The van der Waals surface area contributed by atoms with E-state index in [1.165, 1.54) is 18.4 Å². The number of nitrogens with zero attached hydrogens (tertiary/aromatic N) is 4. The lowest BCUT2D eigenvalue weighted by Gasteiger charge is -2.05. The second-order valence-electron chi connectivity index (χ2n) is 5.26. The van der Waals surface area contributed by atoms with Gasteiger partial charge >= 0.3 is 0 Å². The number of benzene rings is 1. The molecule has 1 aromatic carbocycles. The van der Waals surface area contributed by atoms with Crippen LogP contribution < -0.4 is 4.74 Å². The van der Waals surface area contributed by atoms with Gasteiger partial charge in [-0.1, -0.05) is 50.1 Å². The van der Waals surface area contributed by atoms with Crippen LogP contribution in [0.15, 0.2) is 42.7 Å². The SMILES string of the molecule is CCCCCOc1cnc2c(cnn2Cc2ccccc2)n1. The molecule has 5 nitrogen and oxygen atoms in total. The minimum atomic E-state index is 0.572. The molecule has 2 aromatic heterocycles. The van der Waals surface area contributed by atoms with E-state index in [0.717, 1.165) is 17.6 Å². The summed E-state index contributed by atoms with van der Waals surface area (Å²) in [6.07, 6.45) is 6.82. The molecular formula is C17H20N4O. The Balaban J connectivity index is 1.72. The van der Waals surface area contributed by atoms with Gasteiger partial charge in [0.25, 0.3) is 0 Å². The van der Waals surface area contributed by atoms with Gasteiger partial charge in [-0.15, -0.1) is 0 Å². The van der Waals surface area contributed by atoms with E-state index in [0.29, 0.717) is 19.0 Å². The zero-order valence-electron chi connectivity index (χ0n) is 12.8. The quantitative estimate of drug-likeness (QED) is 0.627. The summed E-state index contributed by atoms with van der Waals surface area (Å²) < 4.78 is 7.49. The van der Waals surface area contributed by atoms with Crippen molar-refractivity contribution in [2.24, 2.45) is 0 Å². The molecule has 0 bridgehead atoms. The van der Waals surface area contributed by atoms with Crippen molar-refractivity contribution in [2.75, 3.05) is 6.61 Å². The number of rotatable bonds is 7. The van der Waals surface area contributed by atoms with Crippen LogP contribution in [-0.2, 0) is 6.54 Å². The number of fused-ring (bicyclic) bond motifs is 1. The van der Waals surface area contributed by atoms with Crippen molar-refractivity contribution < 1.29 is 4.74 Å². The Morgan fingerprint density at radius 3 is 2.77 bits per heavy atom. The fourth-order valence-corrected chi connectivity index (χ4v) is 2.32. The Bertz CT molecular complexity index is 724. The molecule has 0 aliphatic heterocycles. The maximum atomic E-state index is 5.63. The summed E-state index contributed by atoms with van der Waals surface area (Å²) in [5, 5.41) is 4.38. The van der Waals surface area contributed by atoms with Crippen molar-refractivity contribution >= 4 is 11.2 Å². The van der Waals surface area contributed by atoms with Crippen molar-refractivity contribution in [3.8, 4) is 5.88 Å². The minimum absolute atomic E-state index is 0.572. The molecule has 0 atom stereocenters. The Hall–Kier alpha value is -2.43. The number of hydrogen-bond acceptors (Lipinski definition) is 4. The highest BCUT2D eigenvalue weighted by Gasteiger charge is 2.07. The van der Waals surface area contributed by atoms with E-state index in [4.69, 9.17) is 4.74 Å². The third-order valence-corrected chi connectivity index (χ3v) is 3.49. The summed E-state index contributed by atoms with van der Waals surface area (Å²) >= 11 is 0. The van der Waals surface area contributed by atoms with E-state index in [-0.39, 0.29) is 0 Å². The number of aromatic nitrogens is 4. The molecule has 2 heterocycles. The van der Waals surface area contributed by atoms with Crippen LogP contribution >= 0.6 is 0 Å². The normalized spacial score (nSPS) is 11.0. The molecule has 0 aliphatic rings. The lowest BCUT2D eigenvalue weighted by molar-refractivity contribution is 0.295. The molecule has 0 saturated carbocycles. The molecule has 0 saturated heterocycles. The fourth-order valence-electron chi connectivity index (χ4n) is 2.32. The fraction of sp³-hybridized carbons (Fsp3) is 0.353. The first-order valence-corrected chi connectivity index (χ1v) is 7.72. The molecule has 0 N–H and O–H groups in total. The molecule has 0 spiro atoms. The summed E-state index contributed by atoms with van der Waals surface area (Å²) in [7, 11) is 0. The molecule has 0 radical (unpaired) electrons. The average molecular weight is 296 g/mol. The molecule has 114 valence electrons.